The zero-order chi connectivity index (χ0) is 10.8. The molecule has 0 aromatic heterocycles. The molecule has 0 aliphatic rings. The number of hydrogen-bond acceptors (Lipinski definition) is 3. The van der Waals surface area contributed by atoms with Gasteiger partial charge in [-0.05, 0) is 19.1 Å². The third kappa shape index (κ3) is 2.77. The highest BCUT2D eigenvalue weighted by atomic mass is 35.7. The van der Waals surface area contributed by atoms with Crippen LogP contribution < -0.4 is 4.74 Å². The van der Waals surface area contributed by atoms with Crippen molar-refractivity contribution in [2.75, 3.05) is 6.61 Å². The average Bonchev–Trinajstić information content (AvgIpc) is 2.07. The van der Waals surface area contributed by atoms with Crippen LogP contribution >= 0.6 is 22.3 Å². The van der Waals surface area contributed by atoms with E-state index in [4.69, 9.17) is 27.0 Å². The van der Waals surface area contributed by atoms with Crippen molar-refractivity contribution in [3.8, 4) is 5.75 Å². The molecular formula is C8H8Cl2O3S. The van der Waals surface area contributed by atoms with Gasteiger partial charge >= 0.3 is 0 Å². The van der Waals surface area contributed by atoms with Crippen molar-refractivity contribution in [3.63, 3.8) is 0 Å². The molecule has 0 atom stereocenters. The van der Waals surface area contributed by atoms with Crippen LogP contribution in [0.15, 0.2) is 23.1 Å². The molecule has 0 bridgehead atoms. The maximum atomic E-state index is 11.0. The van der Waals surface area contributed by atoms with E-state index in [1.54, 1.807) is 13.0 Å². The predicted molar refractivity (Wildman–Crippen MR) is 55.7 cm³/mol. The molecule has 0 fully saturated rings. The van der Waals surface area contributed by atoms with Crippen LogP contribution in [0.2, 0.25) is 5.02 Å². The van der Waals surface area contributed by atoms with E-state index in [0.717, 1.165) is 0 Å². The Morgan fingerprint density at radius 3 is 2.57 bits per heavy atom. The lowest BCUT2D eigenvalue weighted by molar-refractivity contribution is 0.339. The van der Waals surface area contributed by atoms with Crippen molar-refractivity contribution in [2.24, 2.45) is 0 Å². The van der Waals surface area contributed by atoms with E-state index in [0.29, 0.717) is 12.4 Å². The van der Waals surface area contributed by atoms with Crippen LogP contribution in [0.3, 0.4) is 0 Å². The highest BCUT2D eigenvalue weighted by molar-refractivity contribution is 8.13. The van der Waals surface area contributed by atoms with Crippen LogP contribution in [-0.4, -0.2) is 15.0 Å². The number of halogens is 2. The van der Waals surface area contributed by atoms with Crippen molar-refractivity contribution >= 4 is 31.3 Å². The topological polar surface area (TPSA) is 43.4 Å². The Balaban J connectivity index is 3.22. The van der Waals surface area contributed by atoms with Gasteiger partial charge in [0.2, 0.25) is 0 Å². The molecule has 0 aliphatic heterocycles. The van der Waals surface area contributed by atoms with Crippen LogP contribution in [0.4, 0.5) is 0 Å². The monoisotopic (exact) mass is 254 g/mol. The standard InChI is InChI=1S/C8H8Cl2O3S/c1-2-13-6-3-4-7(9)8(5-6)14(10,11)12/h3-5H,2H2,1H3. The third-order valence-corrected chi connectivity index (χ3v) is 3.28. The lowest BCUT2D eigenvalue weighted by Crippen LogP contribution is -1.96. The van der Waals surface area contributed by atoms with Gasteiger partial charge < -0.3 is 4.74 Å². The summed E-state index contributed by atoms with van der Waals surface area (Å²) in [5, 5.41) is 0.0865. The van der Waals surface area contributed by atoms with Crippen molar-refractivity contribution < 1.29 is 13.2 Å². The van der Waals surface area contributed by atoms with Gasteiger partial charge in [-0.15, -0.1) is 0 Å². The second-order valence-electron chi connectivity index (χ2n) is 2.46. The molecule has 78 valence electrons. The third-order valence-electron chi connectivity index (χ3n) is 1.48. The van der Waals surface area contributed by atoms with E-state index in [1.807, 2.05) is 0 Å². The minimum absolute atomic E-state index is 0.0865. The van der Waals surface area contributed by atoms with E-state index in [9.17, 15) is 8.42 Å². The molecule has 14 heavy (non-hydrogen) atoms. The Kier molecular flexibility index (Phi) is 3.64. The Hall–Kier alpha value is -0.450. The maximum absolute atomic E-state index is 11.0. The number of ether oxygens (including phenoxy) is 1. The van der Waals surface area contributed by atoms with Gasteiger partial charge in [0, 0.05) is 16.7 Å². The summed E-state index contributed by atoms with van der Waals surface area (Å²) in [5.74, 6) is 0.427. The number of rotatable bonds is 3. The normalized spacial score (nSPS) is 11.4. The van der Waals surface area contributed by atoms with E-state index in [2.05, 4.69) is 0 Å². The van der Waals surface area contributed by atoms with Gasteiger partial charge in [0.1, 0.15) is 10.6 Å². The molecule has 0 unspecified atom stereocenters. The fourth-order valence-corrected chi connectivity index (χ4v) is 2.41. The van der Waals surface area contributed by atoms with Crippen LogP contribution in [-0.2, 0) is 9.05 Å². The first-order chi connectivity index (χ1) is 6.45. The largest absolute Gasteiger partial charge is 0.494 e. The summed E-state index contributed by atoms with van der Waals surface area (Å²) in [6, 6.07) is 4.31. The molecule has 0 amide bonds. The van der Waals surface area contributed by atoms with E-state index >= 15 is 0 Å². The molecule has 0 N–H and O–H groups in total. The quantitative estimate of drug-likeness (QED) is 0.780. The van der Waals surface area contributed by atoms with E-state index in [1.165, 1.54) is 12.1 Å². The average molecular weight is 255 g/mol. The molecule has 0 radical (unpaired) electrons. The molecule has 1 aromatic rings. The second-order valence-corrected chi connectivity index (χ2v) is 5.40. The lowest BCUT2D eigenvalue weighted by Gasteiger charge is -2.05. The highest BCUT2D eigenvalue weighted by Crippen LogP contribution is 2.28. The summed E-state index contributed by atoms with van der Waals surface area (Å²) in [5.41, 5.74) is 0. The van der Waals surface area contributed by atoms with Crippen molar-refractivity contribution in [2.45, 2.75) is 11.8 Å². The number of hydrogen-bond donors (Lipinski definition) is 0. The molecule has 0 heterocycles. The Labute approximate surface area is 92.0 Å². The van der Waals surface area contributed by atoms with Crippen molar-refractivity contribution in [3.05, 3.63) is 23.2 Å². The highest BCUT2D eigenvalue weighted by Gasteiger charge is 2.15. The van der Waals surface area contributed by atoms with Gasteiger partial charge in [-0.3, -0.25) is 0 Å². The molecule has 3 nitrogen and oxygen atoms in total. The van der Waals surface area contributed by atoms with Crippen molar-refractivity contribution in [1.82, 2.24) is 0 Å². The molecule has 6 heteroatoms. The summed E-state index contributed by atoms with van der Waals surface area (Å²) in [6.07, 6.45) is 0. The molecule has 1 rings (SSSR count). The first-order valence-corrected chi connectivity index (χ1v) is 6.51. The van der Waals surface area contributed by atoms with Gasteiger partial charge in [0.15, 0.2) is 0 Å². The first kappa shape index (κ1) is 11.6. The van der Waals surface area contributed by atoms with Gasteiger partial charge in [-0.25, -0.2) is 8.42 Å². The second kappa shape index (κ2) is 4.38. The summed E-state index contributed by atoms with van der Waals surface area (Å²) >= 11 is 5.66. The van der Waals surface area contributed by atoms with Crippen LogP contribution in [0.1, 0.15) is 6.92 Å². The zero-order valence-electron chi connectivity index (χ0n) is 7.33. The summed E-state index contributed by atoms with van der Waals surface area (Å²) in [6.45, 7) is 2.24. The fraction of sp³-hybridized carbons (Fsp3) is 0.250. The molecule has 0 aliphatic carbocycles. The Morgan fingerprint density at radius 1 is 1.43 bits per heavy atom. The van der Waals surface area contributed by atoms with Crippen LogP contribution in [0.25, 0.3) is 0 Å². The zero-order valence-corrected chi connectivity index (χ0v) is 9.66. The van der Waals surface area contributed by atoms with E-state index in [-0.39, 0.29) is 9.92 Å². The predicted octanol–water partition coefficient (Wildman–Crippen LogP) is 2.67. The van der Waals surface area contributed by atoms with Gasteiger partial charge in [0.25, 0.3) is 9.05 Å². The Bertz CT molecular complexity index is 428. The SMILES string of the molecule is CCOc1ccc(Cl)c(S(=O)(=O)Cl)c1. The van der Waals surface area contributed by atoms with Gasteiger partial charge in [0.05, 0.1) is 11.6 Å². The molecule has 0 spiro atoms. The molecule has 1 aromatic carbocycles. The maximum Gasteiger partial charge on any atom is 0.262 e. The first-order valence-electron chi connectivity index (χ1n) is 3.82. The fourth-order valence-electron chi connectivity index (χ4n) is 0.927. The molecular weight excluding hydrogens is 247 g/mol. The van der Waals surface area contributed by atoms with Crippen molar-refractivity contribution in [1.29, 1.82) is 0 Å². The summed E-state index contributed by atoms with van der Waals surface area (Å²) in [7, 11) is 1.35. The minimum Gasteiger partial charge on any atom is -0.494 e. The van der Waals surface area contributed by atoms with Gasteiger partial charge in [-0.1, -0.05) is 11.6 Å². The van der Waals surface area contributed by atoms with Crippen LogP contribution in [0.5, 0.6) is 5.75 Å². The van der Waals surface area contributed by atoms with Gasteiger partial charge in [-0.2, -0.15) is 0 Å². The van der Waals surface area contributed by atoms with Crippen LogP contribution in [0, 0.1) is 0 Å². The summed E-state index contributed by atoms with van der Waals surface area (Å²) < 4.78 is 27.2. The Morgan fingerprint density at radius 2 is 2.07 bits per heavy atom. The summed E-state index contributed by atoms with van der Waals surface area (Å²) in [4.78, 5) is -0.133. The van der Waals surface area contributed by atoms with E-state index < -0.39 is 9.05 Å². The molecule has 0 saturated carbocycles. The lowest BCUT2D eigenvalue weighted by atomic mass is 10.3. The smallest absolute Gasteiger partial charge is 0.262 e. The molecule has 0 saturated heterocycles. The minimum atomic E-state index is -3.81. The number of benzene rings is 1.